The Kier molecular flexibility index (Phi) is 10.1. The summed E-state index contributed by atoms with van der Waals surface area (Å²) in [4.78, 5) is 10.7. The molecule has 0 aliphatic rings. The smallest absolute Gasteiger partial charge is 0.421 e. The van der Waals surface area contributed by atoms with Crippen molar-refractivity contribution in [1.29, 1.82) is 0 Å². The fraction of sp³-hybridized carbons (Fsp3) is 0.167. The Morgan fingerprint density at radius 2 is 1.40 bits per heavy atom. The molecule has 0 unspecified atom stereocenters. The molecule has 0 atom stereocenters. The van der Waals surface area contributed by atoms with Crippen LogP contribution in [0.25, 0.3) is 70.9 Å². The van der Waals surface area contributed by atoms with E-state index < -0.39 is 17.6 Å². The van der Waals surface area contributed by atoms with E-state index in [4.69, 9.17) is 9.72 Å². The normalized spacial score (nSPS) is 12.0. The largest absolute Gasteiger partial charge is 2.00 e. The molecule has 9 heteroatoms. The van der Waals surface area contributed by atoms with Gasteiger partial charge in [0, 0.05) is 11.6 Å². The van der Waals surface area contributed by atoms with Crippen LogP contribution in [0.2, 0.25) is 0 Å². The van der Waals surface area contributed by atoms with Gasteiger partial charge in [-0.15, -0.1) is 17.0 Å². The number of hydrogen-bond donors (Lipinski definition) is 0. The van der Waals surface area contributed by atoms with Gasteiger partial charge in [0.2, 0.25) is 11.8 Å². The third kappa shape index (κ3) is 6.83. The number of alkyl halides is 3. The molecule has 9 aromatic rings. The molecule has 0 amide bonds. The molecule has 4 aromatic heterocycles. The van der Waals surface area contributed by atoms with Gasteiger partial charge in [-0.3, -0.25) is 4.98 Å². The summed E-state index contributed by atoms with van der Waals surface area (Å²) in [5, 5.41) is 4.87. The Hall–Kier alpha value is -5.30. The summed E-state index contributed by atoms with van der Waals surface area (Å²) in [6.07, 6.45) is -4.75. The van der Waals surface area contributed by atoms with Gasteiger partial charge in [0.05, 0.1) is 0 Å². The van der Waals surface area contributed by atoms with Crippen LogP contribution in [0.15, 0.2) is 115 Å². The number of hydrogen-bond acceptors (Lipinski definition) is 4. The summed E-state index contributed by atoms with van der Waals surface area (Å²) in [6, 6.07) is 43.2. The van der Waals surface area contributed by atoms with Crippen molar-refractivity contribution in [1.82, 2.24) is 14.5 Å². The number of benzene rings is 5. The topological polar surface area (TPSA) is 39.9 Å². The van der Waals surface area contributed by atoms with E-state index in [0.29, 0.717) is 17.1 Å². The first kappa shape index (κ1) is 38.6. The number of aromatic nitrogens is 3. The minimum atomic E-state index is -4.75. The molecule has 0 radical (unpaired) electrons. The summed E-state index contributed by atoms with van der Waals surface area (Å²) in [5.74, 6) is 0.220. The molecule has 286 valence electrons. The average molecular weight is 955 g/mol. The molecule has 4 heterocycles. The molecule has 0 aliphatic heterocycles. The summed E-state index contributed by atoms with van der Waals surface area (Å²) >= 11 is 1.59. The quantitative estimate of drug-likeness (QED) is 0.149. The third-order valence-electron chi connectivity index (χ3n) is 10.4. The number of nitrogens with zero attached hydrogens (tertiary/aromatic N) is 3. The summed E-state index contributed by atoms with van der Waals surface area (Å²) < 4.78 is 53.9. The molecule has 4 nitrogen and oxygen atoms in total. The van der Waals surface area contributed by atoms with Crippen LogP contribution in [0, 0.1) is 19.1 Å². The first-order valence-corrected chi connectivity index (χ1v) is 19.4. The Bertz CT molecular complexity index is 2900. The average Bonchev–Trinajstić information content (AvgIpc) is 3.74. The van der Waals surface area contributed by atoms with Crippen LogP contribution in [0.1, 0.15) is 61.1 Å². The van der Waals surface area contributed by atoms with E-state index in [-0.39, 0.29) is 38.8 Å². The number of aryl methyl sites for hydroxylation is 1. The maximum Gasteiger partial charge on any atom is 2.00 e. The van der Waals surface area contributed by atoms with Crippen molar-refractivity contribution in [3.63, 3.8) is 0 Å². The zero-order valence-corrected chi connectivity index (χ0v) is 34.8. The SMILES string of the molecule is Cc1cc2c([c-]c(-c3ccc(C(F)(F)F)c(Oc4cc(-c5c(C(C)C)cccc5C(C)C)cc(-n5c6[c-]cccc6c6ccccc65)n4)n3)c3ccccc32)s1.[Pt+2]. The van der Waals surface area contributed by atoms with Crippen LogP contribution in [0.4, 0.5) is 13.2 Å². The Morgan fingerprint density at radius 1 is 0.719 bits per heavy atom. The van der Waals surface area contributed by atoms with E-state index in [9.17, 15) is 13.2 Å². The van der Waals surface area contributed by atoms with Gasteiger partial charge in [0.15, 0.2) is 0 Å². The summed E-state index contributed by atoms with van der Waals surface area (Å²) in [7, 11) is 0. The molecule has 5 aromatic carbocycles. The van der Waals surface area contributed by atoms with Gasteiger partial charge in [0.25, 0.3) is 0 Å². The van der Waals surface area contributed by atoms with E-state index >= 15 is 0 Å². The number of halogens is 3. The molecule has 0 N–H and O–H groups in total. The van der Waals surface area contributed by atoms with Crippen molar-refractivity contribution in [2.75, 3.05) is 0 Å². The van der Waals surface area contributed by atoms with E-state index in [1.165, 1.54) is 6.07 Å². The van der Waals surface area contributed by atoms with Gasteiger partial charge in [-0.05, 0) is 73.8 Å². The number of ether oxygens (including phenoxy) is 1. The summed E-state index contributed by atoms with van der Waals surface area (Å²) in [5.41, 5.74) is 5.63. The predicted octanol–water partition coefficient (Wildman–Crippen LogP) is 14.2. The number of pyridine rings is 2. The van der Waals surface area contributed by atoms with Gasteiger partial charge in [0.1, 0.15) is 11.4 Å². The molecular weight excluding hydrogens is 919 g/mol. The Labute approximate surface area is 347 Å². The molecule has 0 bridgehead atoms. The van der Waals surface area contributed by atoms with E-state index in [0.717, 1.165) is 75.9 Å². The molecule has 0 saturated carbocycles. The Morgan fingerprint density at radius 3 is 2.12 bits per heavy atom. The van der Waals surface area contributed by atoms with E-state index in [1.54, 1.807) is 17.4 Å². The molecular formula is C48H36F3N3OPtS. The maximum absolute atomic E-state index is 14.9. The monoisotopic (exact) mass is 954 g/mol. The number of thiophene rings is 1. The Balaban J connectivity index is 0.00000455. The molecule has 0 aliphatic carbocycles. The zero-order valence-electron chi connectivity index (χ0n) is 31.7. The maximum atomic E-state index is 14.9. The van der Waals surface area contributed by atoms with Crippen molar-refractivity contribution >= 4 is 54.0 Å². The fourth-order valence-corrected chi connectivity index (χ4v) is 8.80. The van der Waals surface area contributed by atoms with Gasteiger partial charge in [-0.1, -0.05) is 128 Å². The second-order valence-corrected chi connectivity index (χ2v) is 16.0. The van der Waals surface area contributed by atoms with Crippen molar-refractivity contribution in [3.05, 3.63) is 149 Å². The van der Waals surface area contributed by atoms with Crippen molar-refractivity contribution in [3.8, 4) is 40.0 Å². The minimum Gasteiger partial charge on any atom is -0.421 e. The molecule has 0 saturated heterocycles. The van der Waals surface area contributed by atoms with Crippen LogP contribution in [0.3, 0.4) is 0 Å². The number of rotatable bonds is 7. The van der Waals surface area contributed by atoms with Crippen molar-refractivity contribution < 1.29 is 39.0 Å². The van der Waals surface area contributed by atoms with Crippen LogP contribution in [0.5, 0.6) is 11.8 Å². The van der Waals surface area contributed by atoms with E-state index in [2.05, 4.69) is 75.1 Å². The third-order valence-corrected chi connectivity index (χ3v) is 11.3. The van der Waals surface area contributed by atoms with Gasteiger partial charge in [-0.25, -0.2) is 0 Å². The molecule has 57 heavy (non-hydrogen) atoms. The standard InChI is InChI=1S/C48H36F3N3OS.Pt/c1-27(2)31-17-12-18-32(28(3)4)46(31)30-24-44(54-41-19-10-8-15-35(41)36-16-9-11-20-42(36)54)53-45(25-30)55-47-39(48(49,50)51)21-22-40(52-47)37-26-43-38(23-29(5)56-43)34-14-7-6-13-33(34)37;/h6-19,21-25,27-28H,1-5H3;/q-2;+2. The van der Waals surface area contributed by atoms with Gasteiger partial charge in [-0.2, -0.15) is 53.8 Å². The zero-order chi connectivity index (χ0) is 38.9. The predicted molar refractivity (Wildman–Crippen MR) is 222 cm³/mol. The molecule has 0 fully saturated rings. The molecule has 9 rings (SSSR count). The fourth-order valence-electron chi connectivity index (χ4n) is 7.87. The van der Waals surface area contributed by atoms with Crippen LogP contribution in [-0.4, -0.2) is 14.5 Å². The number of fused-ring (bicyclic) bond motifs is 6. The van der Waals surface area contributed by atoms with Gasteiger partial charge >= 0.3 is 27.2 Å². The van der Waals surface area contributed by atoms with Crippen LogP contribution in [-0.2, 0) is 27.2 Å². The second-order valence-electron chi connectivity index (χ2n) is 14.8. The van der Waals surface area contributed by atoms with Crippen LogP contribution < -0.4 is 4.74 Å². The first-order valence-electron chi connectivity index (χ1n) is 18.6. The van der Waals surface area contributed by atoms with Crippen molar-refractivity contribution in [2.45, 2.75) is 52.6 Å². The molecule has 0 spiro atoms. The first-order chi connectivity index (χ1) is 27.0. The van der Waals surface area contributed by atoms with E-state index in [1.807, 2.05) is 78.2 Å². The second kappa shape index (κ2) is 14.9. The number of para-hydroxylation sites is 2. The summed E-state index contributed by atoms with van der Waals surface area (Å²) in [6.45, 7) is 10.6. The van der Waals surface area contributed by atoms with Crippen LogP contribution >= 0.6 is 11.3 Å². The van der Waals surface area contributed by atoms with Gasteiger partial charge < -0.3 is 9.30 Å². The minimum absolute atomic E-state index is 0. The van der Waals surface area contributed by atoms with Crippen molar-refractivity contribution in [2.24, 2.45) is 0 Å².